The van der Waals surface area contributed by atoms with Gasteiger partial charge in [-0.15, -0.1) is 5.10 Å². The number of aromatic amines is 1. The summed E-state index contributed by atoms with van der Waals surface area (Å²) >= 11 is 0. The third-order valence-corrected chi connectivity index (χ3v) is 5.28. The number of H-pyrrole nitrogens is 1. The fourth-order valence-electron chi connectivity index (χ4n) is 3.81. The molecule has 2 atom stereocenters. The van der Waals surface area contributed by atoms with Crippen molar-refractivity contribution in [2.45, 2.75) is 12.3 Å². The molecule has 2 aliphatic rings. The van der Waals surface area contributed by atoms with E-state index in [0.29, 0.717) is 5.90 Å². The van der Waals surface area contributed by atoms with Gasteiger partial charge in [-0.1, -0.05) is 42.5 Å². The lowest BCUT2D eigenvalue weighted by atomic mass is 10.0. The predicted octanol–water partition coefficient (Wildman–Crippen LogP) is 4.04. The summed E-state index contributed by atoms with van der Waals surface area (Å²) in [5.41, 5.74) is 4.25. The number of aliphatic imine (C=N–C) groups is 1. The van der Waals surface area contributed by atoms with Crippen LogP contribution >= 0.6 is 0 Å². The summed E-state index contributed by atoms with van der Waals surface area (Å²) in [4.78, 5) is 9.95. The van der Waals surface area contributed by atoms with Gasteiger partial charge in [-0.25, -0.2) is 0 Å². The van der Waals surface area contributed by atoms with Crippen LogP contribution in [0.3, 0.4) is 0 Å². The molecule has 6 heteroatoms. The van der Waals surface area contributed by atoms with E-state index in [1.807, 2.05) is 61.0 Å². The van der Waals surface area contributed by atoms with Crippen LogP contribution in [-0.4, -0.2) is 41.1 Å². The van der Waals surface area contributed by atoms with Gasteiger partial charge in [-0.3, -0.25) is 10.0 Å². The highest BCUT2D eigenvalue weighted by molar-refractivity contribution is 5.96. The van der Waals surface area contributed by atoms with Crippen molar-refractivity contribution in [2.24, 2.45) is 10.1 Å². The van der Waals surface area contributed by atoms with Gasteiger partial charge in [0.1, 0.15) is 5.70 Å². The quantitative estimate of drug-likeness (QED) is 0.756. The first-order valence-electron chi connectivity index (χ1n) is 9.28. The van der Waals surface area contributed by atoms with Gasteiger partial charge < -0.3 is 14.6 Å². The van der Waals surface area contributed by atoms with Crippen molar-refractivity contribution >= 4 is 23.0 Å². The fourth-order valence-corrected chi connectivity index (χ4v) is 3.81. The largest absolute Gasteiger partial charge is 0.445 e. The van der Waals surface area contributed by atoms with Gasteiger partial charge in [-0.2, -0.15) is 0 Å². The third-order valence-electron chi connectivity index (χ3n) is 5.28. The molecule has 0 fully saturated rings. The SMILES string of the molecule is CN1N=C(C2=CN=CC(c3cccc4[nH]ccc34)N2C)OC1c1ccccc1. The van der Waals surface area contributed by atoms with Crippen LogP contribution in [0.15, 0.2) is 82.8 Å². The zero-order chi connectivity index (χ0) is 19.1. The Labute approximate surface area is 163 Å². The van der Waals surface area contributed by atoms with Crippen molar-refractivity contribution in [3.8, 4) is 0 Å². The maximum atomic E-state index is 6.21. The molecule has 1 N–H and O–H groups in total. The Balaban J connectivity index is 1.44. The van der Waals surface area contributed by atoms with Crippen LogP contribution in [0.4, 0.5) is 0 Å². The maximum Gasteiger partial charge on any atom is 0.258 e. The standard InChI is InChI=1S/C22H21N5O/c1-26-19(17-9-6-10-18-16(17)11-12-24-18)13-23-14-20(26)21-25-27(2)22(28-21)15-7-4-3-5-8-15/h3-14,19,22,24H,1-2H3. The number of nitrogens with zero attached hydrogens (tertiary/aromatic N) is 4. The van der Waals surface area contributed by atoms with E-state index in [1.54, 1.807) is 0 Å². The van der Waals surface area contributed by atoms with E-state index in [9.17, 15) is 0 Å². The van der Waals surface area contributed by atoms with Crippen LogP contribution in [0.25, 0.3) is 10.9 Å². The van der Waals surface area contributed by atoms with Gasteiger partial charge in [0.25, 0.3) is 5.90 Å². The molecule has 3 aromatic rings. The molecule has 0 aliphatic carbocycles. The van der Waals surface area contributed by atoms with E-state index < -0.39 is 0 Å². The number of benzene rings is 2. The van der Waals surface area contributed by atoms with Crippen LogP contribution in [0.5, 0.6) is 0 Å². The lowest BCUT2D eigenvalue weighted by Gasteiger charge is -2.31. The molecule has 1 aromatic heterocycles. The monoisotopic (exact) mass is 371 g/mol. The fraction of sp³-hybridized carbons (Fsp3) is 0.182. The van der Waals surface area contributed by atoms with Crippen molar-refractivity contribution in [3.63, 3.8) is 0 Å². The van der Waals surface area contributed by atoms with E-state index >= 15 is 0 Å². The summed E-state index contributed by atoms with van der Waals surface area (Å²) in [5, 5.41) is 7.68. The Morgan fingerprint density at radius 3 is 2.71 bits per heavy atom. The molecule has 2 aromatic carbocycles. The number of aromatic nitrogens is 1. The van der Waals surface area contributed by atoms with Crippen molar-refractivity contribution in [2.75, 3.05) is 14.1 Å². The molecule has 28 heavy (non-hydrogen) atoms. The summed E-state index contributed by atoms with van der Waals surface area (Å²) in [7, 11) is 3.98. The van der Waals surface area contributed by atoms with Crippen LogP contribution in [0, 0.1) is 0 Å². The summed E-state index contributed by atoms with van der Waals surface area (Å²) < 4.78 is 6.21. The first kappa shape index (κ1) is 16.6. The Hall–Kier alpha value is -3.54. The first-order valence-corrected chi connectivity index (χ1v) is 9.28. The van der Waals surface area contributed by atoms with Crippen LogP contribution < -0.4 is 0 Å². The highest BCUT2D eigenvalue weighted by Gasteiger charge is 2.33. The molecular weight excluding hydrogens is 350 g/mol. The molecule has 2 aliphatic heterocycles. The van der Waals surface area contributed by atoms with E-state index in [0.717, 1.165) is 16.8 Å². The average molecular weight is 371 g/mol. The van der Waals surface area contributed by atoms with Gasteiger partial charge >= 0.3 is 0 Å². The van der Waals surface area contributed by atoms with E-state index in [4.69, 9.17) is 4.74 Å². The van der Waals surface area contributed by atoms with Crippen molar-refractivity contribution in [3.05, 3.63) is 83.8 Å². The molecule has 0 spiro atoms. The van der Waals surface area contributed by atoms with Gasteiger partial charge in [0, 0.05) is 43.0 Å². The molecule has 0 saturated heterocycles. The first-order chi connectivity index (χ1) is 13.7. The van der Waals surface area contributed by atoms with Gasteiger partial charge in [-0.05, 0) is 17.7 Å². The summed E-state index contributed by atoms with van der Waals surface area (Å²) in [6, 6.07) is 18.5. The maximum absolute atomic E-state index is 6.21. The number of likely N-dealkylation sites (N-methyl/N-ethyl adjacent to an activating group) is 1. The van der Waals surface area contributed by atoms with Crippen LogP contribution in [0.2, 0.25) is 0 Å². The highest BCUT2D eigenvalue weighted by Crippen LogP contribution is 2.34. The molecule has 0 radical (unpaired) electrons. The summed E-state index contributed by atoms with van der Waals surface area (Å²) in [6.07, 6.45) is 5.50. The molecular formula is C22H21N5O. The van der Waals surface area contributed by atoms with Crippen LogP contribution in [-0.2, 0) is 4.74 Å². The predicted molar refractivity (Wildman–Crippen MR) is 111 cm³/mol. The van der Waals surface area contributed by atoms with Gasteiger partial charge in [0.2, 0.25) is 6.23 Å². The lowest BCUT2D eigenvalue weighted by Crippen LogP contribution is -2.31. The van der Waals surface area contributed by atoms with E-state index in [2.05, 4.69) is 51.3 Å². The molecule has 0 bridgehead atoms. The minimum Gasteiger partial charge on any atom is -0.445 e. The second kappa shape index (κ2) is 6.56. The molecule has 5 rings (SSSR count). The Morgan fingerprint density at radius 2 is 1.86 bits per heavy atom. The minimum atomic E-state index is -0.233. The zero-order valence-corrected chi connectivity index (χ0v) is 15.8. The number of nitrogens with one attached hydrogen (secondary N) is 1. The Kier molecular flexibility index (Phi) is 3.90. The number of hydrogen-bond acceptors (Lipinski definition) is 5. The molecule has 0 amide bonds. The van der Waals surface area contributed by atoms with Crippen molar-refractivity contribution in [1.82, 2.24) is 14.9 Å². The Morgan fingerprint density at radius 1 is 1.00 bits per heavy atom. The topological polar surface area (TPSA) is 56.2 Å². The minimum absolute atomic E-state index is 0.00637. The number of rotatable bonds is 3. The van der Waals surface area contributed by atoms with E-state index in [1.165, 1.54) is 10.9 Å². The number of hydrazone groups is 1. The third kappa shape index (κ3) is 2.65. The Bertz CT molecular complexity index is 1100. The second-order valence-electron chi connectivity index (χ2n) is 7.01. The lowest BCUT2D eigenvalue weighted by molar-refractivity contribution is 0.0764. The highest BCUT2D eigenvalue weighted by atomic mass is 16.5. The smallest absolute Gasteiger partial charge is 0.258 e. The summed E-state index contributed by atoms with van der Waals surface area (Å²) in [6.45, 7) is 0. The number of fused-ring (bicyclic) bond motifs is 1. The van der Waals surface area contributed by atoms with Gasteiger partial charge in [0.05, 0.1) is 12.2 Å². The molecule has 140 valence electrons. The van der Waals surface area contributed by atoms with Crippen molar-refractivity contribution in [1.29, 1.82) is 0 Å². The molecule has 2 unspecified atom stereocenters. The normalized spacial score (nSPS) is 21.6. The zero-order valence-electron chi connectivity index (χ0n) is 15.8. The number of hydrogen-bond donors (Lipinski definition) is 1. The second-order valence-corrected chi connectivity index (χ2v) is 7.01. The average Bonchev–Trinajstić information content (AvgIpc) is 3.35. The van der Waals surface area contributed by atoms with E-state index in [-0.39, 0.29) is 12.3 Å². The molecule has 0 saturated carbocycles. The van der Waals surface area contributed by atoms with Crippen molar-refractivity contribution < 1.29 is 4.74 Å². The van der Waals surface area contributed by atoms with Gasteiger partial charge in [0.15, 0.2) is 0 Å². The van der Waals surface area contributed by atoms with Crippen LogP contribution in [0.1, 0.15) is 23.4 Å². The molecule has 3 heterocycles. The molecule has 6 nitrogen and oxygen atoms in total. The summed E-state index contributed by atoms with van der Waals surface area (Å²) in [5.74, 6) is 0.585. The number of ether oxygens (including phenoxy) is 1.